The van der Waals surface area contributed by atoms with Crippen LogP contribution in [-0.4, -0.2) is 73.5 Å². The highest BCUT2D eigenvalue weighted by molar-refractivity contribution is 6.01. The van der Waals surface area contributed by atoms with E-state index in [2.05, 4.69) is 32.6 Å². The van der Waals surface area contributed by atoms with Gasteiger partial charge >= 0.3 is 0 Å². The minimum Gasteiger partial charge on any atom is -0.374 e. The maximum atomic E-state index is 11.9. The molecule has 0 bridgehead atoms. The number of carbonyl (C=O) groups excluding carboxylic acids is 2. The van der Waals surface area contributed by atoms with E-state index in [0.717, 1.165) is 38.3 Å². The van der Waals surface area contributed by atoms with Crippen LogP contribution in [0.4, 0.5) is 5.69 Å². The third-order valence-corrected chi connectivity index (χ3v) is 6.64. The molecule has 4 N–H and O–H groups in total. The normalized spacial score (nSPS) is 20.3. The van der Waals surface area contributed by atoms with E-state index in [0.29, 0.717) is 12.8 Å². The van der Waals surface area contributed by atoms with Gasteiger partial charge in [-0.2, -0.15) is 0 Å². The predicted octanol–water partition coefficient (Wildman–Crippen LogP) is 2.36. The molecule has 2 amide bonds. The minimum absolute atomic E-state index is 0.182. The first kappa shape index (κ1) is 24.7. The van der Waals surface area contributed by atoms with Gasteiger partial charge in [-0.3, -0.25) is 14.9 Å². The van der Waals surface area contributed by atoms with E-state index in [4.69, 9.17) is 5.73 Å². The van der Waals surface area contributed by atoms with Crippen molar-refractivity contribution in [2.45, 2.75) is 63.8 Å². The highest BCUT2D eigenvalue weighted by Gasteiger charge is 2.26. The van der Waals surface area contributed by atoms with Crippen LogP contribution in [0.15, 0.2) is 24.3 Å². The molecule has 0 saturated carbocycles. The molecule has 1 atom stereocenters. The number of piperidine rings is 1. The van der Waals surface area contributed by atoms with Gasteiger partial charge in [0.05, 0.1) is 0 Å². The summed E-state index contributed by atoms with van der Waals surface area (Å²) in [6.45, 7) is 7.85. The molecule has 0 spiro atoms. The van der Waals surface area contributed by atoms with Crippen LogP contribution in [0.25, 0.3) is 0 Å². The van der Waals surface area contributed by atoms with Crippen LogP contribution in [0.1, 0.15) is 56.9 Å². The first-order valence-corrected chi connectivity index (χ1v) is 12.5. The molecule has 2 heterocycles. The second-order valence-corrected chi connectivity index (χ2v) is 9.19. The number of imide groups is 1. The van der Waals surface area contributed by atoms with Crippen LogP contribution in [0.3, 0.4) is 0 Å². The second-order valence-electron chi connectivity index (χ2n) is 9.19. The van der Waals surface area contributed by atoms with E-state index in [9.17, 15) is 9.59 Å². The average Bonchev–Trinajstić information content (AvgIpc) is 2.80. The van der Waals surface area contributed by atoms with Crippen LogP contribution in [0.5, 0.6) is 0 Å². The van der Waals surface area contributed by atoms with E-state index in [1.165, 1.54) is 63.7 Å². The summed E-state index contributed by atoms with van der Waals surface area (Å²) in [6, 6.07) is 8.02. The van der Waals surface area contributed by atoms with Gasteiger partial charge in [-0.25, -0.2) is 0 Å². The van der Waals surface area contributed by atoms with Crippen molar-refractivity contribution < 1.29 is 9.59 Å². The zero-order chi connectivity index (χ0) is 22.6. The Balaban J connectivity index is 1.27. The third kappa shape index (κ3) is 8.52. The summed E-state index contributed by atoms with van der Waals surface area (Å²) in [7, 11) is 0. The molecule has 3 rings (SSSR count). The number of nitrogens with two attached hydrogens (primary N) is 1. The molecular formula is C25H41N5O2. The van der Waals surface area contributed by atoms with Crippen molar-refractivity contribution in [3.05, 3.63) is 29.8 Å². The number of benzene rings is 1. The monoisotopic (exact) mass is 443 g/mol. The standard InChI is InChI=1S/C25H41N5O2/c26-14-5-3-1-2-4-6-15-29-17-19-30(20-18-29)16-13-21-7-9-22(10-8-21)27-23-11-12-24(31)28-25(23)32/h7-10,23,27H,1-6,11-20,26H2,(H,28,31,32). The lowest BCUT2D eigenvalue weighted by molar-refractivity contribution is -0.133. The summed E-state index contributed by atoms with van der Waals surface area (Å²) in [6.07, 6.45) is 9.79. The first-order chi connectivity index (χ1) is 15.6. The molecule has 178 valence electrons. The Morgan fingerprint density at radius 2 is 1.50 bits per heavy atom. The van der Waals surface area contributed by atoms with Crippen molar-refractivity contribution in [1.29, 1.82) is 0 Å². The Morgan fingerprint density at radius 3 is 2.16 bits per heavy atom. The number of piperazine rings is 1. The zero-order valence-electron chi connectivity index (χ0n) is 19.5. The van der Waals surface area contributed by atoms with Crippen molar-refractivity contribution in [2.75, 3.05) is 51.1 Å². The number of anilines is 1. The maximum absolute atomic E-state index is 11.9. The van der Waals surface area contributed by atoms with Crippen molar-refractivity contribution in [1.82, 2.24) is 15.1 Å². The number of unbranched alkanes of at least 4 members (excludes halogenated alkanes) is 5. The van der Waals surface area contributed by atoms with Gasteiger partial charge in [0.15, 0.2) is 0 Å². The molecule has 1 aromatic rings. The van der Waals surface area contributed by atoms with E-state index >= 15 is 0 Å². The Hall–Kier alpha value is -1.96. The summed E-state index contributed by atoms with van der Waals surface area (Å²) in [5.41, 5.74) is 7.79. The van der Waals surface area contributed by atoms with Gasteiger partial charge in [0.1, 0.15) is 6.04 Å². The molecule has 2 saturated heterocycles. The lowest BCUT2D eigenvalue weighted by atomic mass is 10.1. The Kier molecular flexibility index (Phi) is 10.5. The molecule has 32 heavy (non-hydrogen) atoms. The summed E-state index contributed by atoms with van der Waals surface area (Å²) in [5, 5.41) is 5.63. The number of hydrogen-bond donors (Lipinski definition) is 3. The fourth-order valence-electron chi connectivity index (χ4n) is 4.51. The number of carbonyl (C=O) groups is 2. The molecule has 2 aliphatic heterocycles. The van der Waals surface area contributed by atoms with Crippen LogP contribution in [0.2, 0.25) is 0 Å². The van der Waals surface area contributed by atoms with Crippen LogP contribution in [0, 0.1) is 0 Å². The maximum Gasteiger partial charge on any atom is 0.249 e. The molecular weight excluding hydrogens is 402 g/mol. The SMILES string of the molecule is NCCCCCCCCN1CCN(CCc2ccc(NC3CCC(=O)NC3=O)cc2)CC1. The topological polar surface area (TPSA) is 90.7 Å². The van der Waals surface area contributed by atoms with Gasteiger partial charge in [-0.1, -0.05) is 37.8 Å². The molecule has 7 nitrogen and oxygen atoms in total. The number of hydrogen-bond acceptors (Lipinski definition) is 6. The van der Waals surface area contributed by atoms with E-state index in [1.54, 1.807) is 0 Å². The number of amides is 2. The van der Waals surface area contributed by atoms with Crippen molar-refractivity contribution in [2.24, 2.45) is 5.73 Å². The fourth-order valence-corrected chi connectivity index (χ4v) is 4.51. The van der Waals surface area contributed by atoms with Crippen LogP contribution in [-0.2, 0) is 16.0 Å². The lowest BCUT2D eigenvalue weighted by Gasteiger charge is -2.34. The van der Waals surface area contributed by atoms with E-state index < -0.39 is 0 Å². The van der Waals surface area contributed by atoms with E-state index in [-0.39, 0.29) is 17.9 Å². The lowest BCUT2D eigenvalue weighted by Crippen LogP contribution is -2.47. The molecule has 1 unspecified atom stereocenters. The Morgan fingerprint density at radius 1 is 0.875 bits per heavy atom. The molecule has 2 aliphatic rings. The highest BCUT2D eigenvalue weighted by Crippen LogP contribution is 2.16. The molecule has 0 radical (unpaired) electrons. The zero-order valence-corrected chi connectivity index (χ0v) is 19.5. The van der Waals surface area contributed by atoms with Gasteiger partial charge in [0.25, 0.3) is 0 Å². The van der Waals surface area contributed by atoms with Crippen LogP contribution >= 0.6 is 0 Å². The third-order valence-electron chi connectivity index (χ3n) is 6.64. The largest absolute Gasteiger partial charge is 0.374 e. The fraction of sp³-hybridized carbons (Fsp3) is 0.680. The van der Waals surface area contributed by atoms with Crippen molar-refractivity contribution in [3.63, 3.8) is 0 Å². The molecule has 2 fully saturated rings. The second kappa shape index (κ2) is 13.6. The smallest absolute Gasteiger partial charge is 0.249 e. The molecule has 7 heteroatoms. The quantitative estimate of drug-likeness (QED) is 0.320. The summed E-state index contributed by atoms with van der Waals surface area (Å²) in [5.74, 6) is -0.412. The van der Waals surface area contributed by atoms with Crippen molar-refractivity contribution in [3.8, 4) is 0 Å². The summed E-state index contributed by atoms with van der Waals surface area (Å²) in [4.78, 5) is 28.3. The highest BCUT2D eigenvalue weighted by atomic mass is 16.2. The predicted molar refractivity (Wildman–Crippen MR) is 130 cm³/mol. The average molecular weight is 444 g/mol. The van der Waals surface area contributed by atoms with E-state index in [1.807, 2.05) is 12.1 Å². The number of nitrogens with one attached hydrogen (secondary N) is 2. The van der Waals surface area contributed by atoms with Crippen LogP contribution < -0.4 is 16.4 Å². The first-order valence-electron chi connectivity index (χ1n) is 12.5. The van der Waals surface area contributed by atoms with Gasteiger partial charge < -0.3 is 20.9 Å². The minimum atomic E-state index is -0.328. The van der Waals surface area contributed by atoms with Gasteiger partial charge in [-0.05, 0) is 56.5 Å². The Bertz CT molecular complexity index is 701. The van der Waals surface area contributed by atoms with Crippen molar-refractivity contribution >= 4 is 17.5 Å². The number of rotatable bonds is 13. The van der Waals surface area contributed by atoms with Gasteiger partial charge in [0.2, 0.25) is 11.8 Å². The number of nitrogens with zero attached hydrogens (tertiary/aromatic N) is 2. The molecule has 0 aromatic heterocycles. The summed E-state index contributed by atoms with van der Waals surface area (Å²) < 4.78 is 0. The van der Waals surface area contributed by atoms with Gasteiger partial charge in [-0.15, -0.1) is 0 Å². The Labute approximate surface area is 193 Å². The summed E-state index contributed by atoms with van der Waals surface area (Å²) >= 11 is 0. The molecule has 0 aliphatic carbocycles. The molecule has 1 aromatic carbocycles. The van der Waals surface area contributed by atoms with Gasteiger partial charge in [0, 0.05) is 44.8 Å².